The zero-order valence-electron chi connectivity index (χ0n) is 10.6. The van der Waals surface area contributed by atoms with Crippen molar-refractivity contribution in [2.24, 2.45) is 23.5 Å². The Morgan fingerprint density at radius 1 is 1.31 bits per heavy atom. The van der Waals surface area contributed by atoms with E-state index >= 15 is 0 Å². The summed E-state index contributed by atoms with van der Waals surface area (Å²) in [4.78, 5) is 11.7. The van der Waals surface area contributed by atoms with E-state index in [0.29, 0.717) is 18.4 Å². The van der Waals surface area contributed by atoms with Crippen molar-refractivity contribution in [3.8, 4) is 0 Å². The smallest absolute Gasteiger partial charge is 0.308 e. The van der Waals surface area contributed by atoms with Crippen LogP contribution < -0.4 is 5.73 Å². The lowest BCUT2D eigenvalue weighted by Gasteiger charge is -2.26. The van der Waals surface area contributed by atoms with Crippen molar-refractivity contribution in [3.63, 3.8) is 0 Å². The molecule has 0 amide bonds. The van der Waals surface area contributed by atoms with Crippen molar-refractivity contribution in [1.82, 2.24) is 0 Å². The molecule has 16 heavy (non-hydrogen) atoms. The van der Waals surface area contributed by atoms with Gasteiger partial charge in [0, 0.05) is 0 Å². The number of ether oxygens (including phenoxy) is 1. The second-order valence-electron chi connectivity index (χ2n) is 5.30. The van der Waals surface area contributed by atoms with Crippen molar-refractivity contribution in [2.45, 2.75) is 46.0 Å². The average molecular weight is 227 g/mol. The molecule has 2 N–H and O–H groups in total. The van der Waals surface area contributed by atoms with E-state index in [1.54, 1.807) is 0 Å². The topological polar surface area (TPSA) is 52.3 Å². The first-order chi connectivity index (χ1) is 7.63. The number of carbonyl (C=O) groups is 1. The predicted octanol–water partition coefficient (Wildman–Crippen LogP) is 2.34. The number of esters is 1. The summed E-state index contributed by atoms with van der Waals surface area (Å²) in [5.41, 5.74) is 5.62. The molecule has 3 heteroatoms. The molecule has 0 spiro atoms. The summed E-state index contributed by atoms with van der Waals surface area (Å²) in [6.07, 6.45) is 5.05. The quantitative estimate of drug-likeness (QED) is 0.733. The summed E-state index contributed by atoms with van der Waals surface area (Å²) in [5, 5.41) is 0. The van der Waals surface area contributed by atoms with E-state index in [1.165, 1.54) is 0 Å². The molecule has 3 nitrogen and oxygen atoms in total. The molecule has 1 fully saturated rings. The van der Waals surface area contributed by atoms with Crippen molar-refractivity contribution in [1.29, 1.82) is 0 Å². The van der Waals surface area contributed by atoms with E-state index < -0.39 is 0 Å². The number of rotatable bonds is 5. The van der Waals surface area contributed by atoms with Crippen LogP contribution in [0.15, 0.2) is 0 Å². The Morgan fingerprint density at radius 3 is 2.44 bits per heavy atom. The van der Waals surface area contributed by atoms with Gasteiger partial charge in [0.1, 0.15) is 0 Å². The molecule has 1 aliphatic rings. The zero-order chi connectivity index (χ0) is 12.0. The van der Waals surface area contributed by atoms with Crippen molar-refractivity contribution >= 4 is 5.97 Å². The lowest BCUT2D eigenvalue weighted by Crippen LogP contribution is -2.27. The molecule has 0 radical (unpaired) electrons. The van der Waals surface area contributed by atoms with Crippen molar-refractivity contribution in [3.05, 3.63) is 0 Å². The van der Waals surface area contributed by atoms with Gasteiger partial charge < -0.3 is 10.5 Å². The second kappa shape index (κ2) is 6.89. The van der Waals surface area contributed by atoms with Crippen LogP contribution in [0.4, 0.5) is 0 Å². The molecule has 0 aliphatic heterocycles. The van der Waals surface area contributed by atoms with Gasteiger partial charge in [0.2, 0.25) is 0 Å². The zero-order valence-corrected chi connectivity index (χ0v) is 10.6. The first-order valence-corrected chi connectivity index (χ1v) is 6.50. The van der Waals surface area contributed by atoms with Gasteiger partial charge in [-0.05, 0) is 50.5 Å². The summed E-state index contributed by atoms with van der Waals surface area (Å²) in [7, 11) is 0. The van der Waals surface area contributed by atoms with Crippen LogP contribution in [0.2, 0.25) is 0 Å². The van der Waals surface area contributed by atoms with E-state index in [-0.39, 0.29) is 11.9 Å². The van der Waals surface area contributed by atoms with Crippen LogP contribution in [-0.4, -0.2) is 19.1 Å². The van der Waals surface area contributed by atoms with Gasteiger partial charge in [-0.25, -0.2) is 0 Å². The Hall–Kier alpha value is -0.570. The molecule has 0 aromatic rings. The number of carbonyl (C=O) groups excluding carboxylic acids is 1. The largest absolute Gasteiger partial charge is 0.465 e. The number of hydrogen-bond donors (Lipinski definition) is 1. The molecule has 0 unspecified atom stereocenters. The fourth-order valence-electron chi connectivity index (χ4n) is 2.15. The van der Waals surface area contributed by atoms with Gasteiger partial charge in [-0.3, -0.25) is 4.79 Å². The van der Waals surface area contributed by atoms with Crippen molar-refractivity contribution < 1.29 is 9.53 Å². The molecule has 0 aromatic carbocycles. The molecule has 1 aliphatic carbocycles. The Labute approximate surface area is 98.7 Å². The molecule has 0 bridgehead atoms. The highest BCUT2D eigenvalue weighted by Crippen LogP contribution is 2.28. The van der Waals surface area contributed by atoms with Gasteiger partial charge in [0.15, 0.2) is 0 Å². The van der Waals surface area contributed by atoms with E-state index in [1.807, 2.05) is 0 Å². The first-order valence-electron chi connectivity index (χ1n) is 6.50. The summed E-state index contributed by atoms with van der Waals surface area (Å²) in [5.74, 6) is 1.37. The van der Waals surface area contributed by atoms with Crippen LogP contribution in [0.5, 0.6) is 0 Å². The summed E-state index contributed by atoms with van der Waals surface area (Å²) in [6.45, 7) is 5.61. The van der Waals surface area contributed by atoms with Crippen LogP contribution in [-0.2, 0) is 9.53 Å². The predicted molar refractivity (Wildman–Crippen MR) is 64.9 cm³/mol. The van der Waals surface area contributed by atoms with Gasteiger partial charge in [0.25, 0.3) is 0 Å². The Morgan fingerprint density at radius 2 is 1.94 bits per heavy atom. The minimum absolute atomic E-state index is 0.0103. The minimum Gasteiger partial charge on any atom is -0.465 e. The van der Waals surface area contributed by atoms with Crippen LogP contribution in [0, 0.1) is 17.8 Å². The monoisotopic (exact) mass is 227 g/mol. The van der Waals surface area contributed by atoms with Crippen LogP contribution in [0.25, 0.3) is 0 Å². The van der Waals surface area contributed by atoms with Crippen LogP contribution in [0.3, 0.4) is 0 Å². The lowest BCUT2D eigenvalue weighted by molar-refractivity contribution is -0.150. The number of nitrogens with two attached hydrogens (primary N) is 1. The molecule has 0 aromatic heterocycles. The van der Waals surface area contributed by atoms with E-state index in [4.69, 9.17) is 10.5 Å². The Bertz CT molecular complexity index is 208. The van der Waals surface area contributed by atoms with Gasteiger partial charge in [-0.1, -0.05) is 13.8 Å². The molecule has 1 rings (SSSR count). The molecule has 0 atom stereocenters. The Kier molecular flexibility index (Phi) is 5.81. The van der Waals surface area contributed by atoms with Crippen LogP contribution >= 0.6 is 0 Å². The third-order valence-electron chi connectivity index (χ3n) is 3.45. The summed E-state index contributed by atoms with van der Waals surface area (Å²) < 4.78 is 5.29. The lowest BCUT2D eigenvalue weighted by atomic mass is 9.82. The maximum Gasteiger partial charge on any atom is 0.308 e. The Balaban J connectivity index is 2.18. The summed E-state index contributed by atoms with van der Waals surface area (Å²) in [6, 6.07) is 0. The van der Waals surface area contributed by atoms with E-state index in [0.717, 1.165) is 38.6 Å². The average Bonchev–Trinajstić information content (AvgIpc) is 2.28. The second-order valence-corrected chi connectivity index (χ2v) is 5.30. The molecular weight excluding hydrogens is 202 g/mol. The van der Waals surface area contributed by atoms with Gasteiger partial charge in [-0.15, -0.1) is 0 Å². The highest BCUT2D eigenvalue weighted by molar-refractivity contribution is 5.72. The molecule has 0 heterocycles. The normalized spacial score (nSPS) is 25.8. The standard InChI is InChI=1S/C13H25NO2/c1-10(2)7-8-16-13(15)12-5-3-11(9-14)4-6-12/h10-12H,3-9,14H2,1-2H3. The van der Waals surface area contributed by atoms with E-state index in [2.05, 4.69) is 13.8 Å². The maximum atomic E-state index is 11.7. The highest BCUT2D eigenvalue weighted by Gasteiger charge is 2.26. The maximum absolute atomic E-state index is 11.7. The van der Waals surface area contributed by atoms with E-state index in [9.17, 15) is 4.79 Å². The first kappa shape index (κ1) is 13.5. The third kappa shape index (κ3) is 4.52. The van der Waals surface area contributed by atoms with Gasteiger partial charge >= 0.3 is 5.97 Å². The molecule has 0 saturated heterocycles. The fourth-order valence-corrected chi connectivity index (χ4v) is 2.15. The highest BCUT2D eigenvalue weighted by atomic mass is 16.5. The SMILES string of the molecule is CC(C)CCOC(=O)C1CCC(CN)CC1. The minimum atomic E-state index is 0.0103. The van der Waals surface area contributed by atoms with Crippen LogP contribution in [0.1, 0.15) is 46.0 Å². The van der Waals surface area contributed by atoms with Crippen molar-refractivity contribution in [2.75, 3.05) is 13.2 Å². The van der Waals surface area contributed by atoms with Gasteiger partial charge in [-0.2, -0.15) is 0 Å². The molecule has 1 saturated carbocycles. The van der Waals surface area contributed by atoms with Gasteiger partial charge in [0.05, 0.1) is 12.5 Å². The number of hydrogen-bond acceptors (Lipinski definition) is 3. The third-order valence-corrected chi connectivity index (χ3v) is 3.45. The summed E-state index contributed by atoms with van der Waals surface area (Å²) >= 11 is 0. The molecule has 94 valence electrons. The fraction of sp³-hybridized carbons (Fsp3) is 0.923. The molecular formula is C13H25NO2.